The number of benzene rings is 3. The third-order valence-corrected chi connectivity index (χ3v) is 5.18. The van der Waals surface area contributed by atoms with Gasteiger partial charge >= 0.3 is 5.69 Å². The number of halogens is 2. The van der Waals surface area contributed by atoms with E-state index in [-0.39, 0.29) is 18.7 Å². The minimum atomic E-state index is -0.918. The van der Waals surface area contributed by atoms with E-state index >= 15 is 0 Å². The van der Waals surface area contributed by atoms with Crippen molar-refractivity contribution in [1.82, 2.24) is 19.7 Å². The van der Waals surface area contributed by atoms with Crippen molar-refractivity contribution in [2.75, 3.05) is 0 Å². The fourth-order valence-electron chi connectivity index (χ4n) is 3.21. The van der Waals surface area contributed by atoms with E-state index in [2.05, 4.69) is 10.4 Å². The molecule has 0 aliphatic carbocycles. The van der Waals surface area contributed by atoms with Crippen LogP contribution in [-0.4, -0.2) is 20.3 Å². The molecule has 0 radical (unpaired) electrons. The molecule has 0 fully saturated rings. The lowest BCUT2D eigenvalue weighted by Gasteiger charge is -2.13. The van der Waals surface area contributed by atoms with E-state index in [1.54, 1.807) is 18.2 Å². The maximum absolute atomic E-state index is 14.2. The van der Waals surface area contributed by atoms with Crippen molar-refractivity contribution in [3.8, 4) is 5.69 Å². The minimum Gasteiger partial charge on any atom is -0.346 e. The molecule has 1 N–H and O–H groups in total. The van der Waals surface area contributed by atoms with Crippen molar-refractivity contribution in [3.05, 3.63) is 127 Å². The van der Waals surface area contributed by atoms with Crippen LogP contribution in [0, 0.1) is 5.82 Å². The Balaban J connectivity index is 1.79. The zero-order valence-corrected chi connectivity index (χ0v) is 18.0. The third kappa shape index (κ3) is 4.91. The zero-order valence-electron chi connectivity index (χ0n) is 17.2. The number of nitrogens with one attached hydrogen (secondary N) is 1. The van der Waals surface area contributed by atoms with Gasteiger partial charge in [0.1, 0.15) is 5.82 Å². The Bertz CT molecular complexity index is 1420. The molecule has 0 aliphatic rings. The van der Waals surface area contributed by atoms with Gasteiger partial charge in [-0.15, -0.1) is 0 Å². The van der Waals surface area contributed by atoms with Gasteiger partial charge in [0.2, 0.25) is 5.69 Å². The Morgan fingerprint density at radius 3 is 2.30 bits per heavy atom. The molecule has 0 aliphatic heterocycles. The molecule has 33 heavy (non-hydrogen) atoms. The summed E-state index contributed by atoms with van der Waals surface area (Å²) in [5.41, 5.74) is -0.977. The lowest BCUT2D eigenvalue weighted by molar-refractivity contribution is 0.0941. The van der Waals surface area contributed by atoms with Crippen LogP contribution in [0.15, 0.2) is 88.5 Å². The molecule has 0 saturated heterocycles. The average Bonchev–Trinajstić information content (AvgIpc) is 2.83. The second kappa shape index (κ2) is 9.62. The van der Waals surface area contributed by atoms with Crippen LogP contribution in [0.25, 0.3) is 5.69 Å². The van der Waals surface area contributed by atoms with Gasteiger partial charge in [0.15, 0.2) is 0 Å². The molecule has 1 aromatic heterocycles. The predicted molar refractivity (Wildman–Crippen MR) is 122 cm³/mol. The van der Waals surface area contributed by atoms with Crippen LogP contribution in [0.4, 0.5) is 4.39 Å². The summed E-state index contributed by atoms with van der Waals surface area (Å²) in [5, 5.41) is 7.11. The Hall–Kier alpha value is -4.04. The first-order valence-corrected chi connectivity index (χ1v) is 10.4. The molecule has 0 spiro atoms. The smallest absolute Gasteiger partial charge is 0.346 e. The first-order chi connectivity index (χ1) is 15.9. The second-order valence-electron chi connectivity index (χ2n) is 7.17. The number of hydrogen-bond donors (Lipinski definition) is 1. The molecule has 1 amide bonds. The molecule has 0 saturated carbocycles. The van der Waals surface area contributed by atoms with Crippen LogP contribution >= 0.6 is 11.6 Å². The second-order valence-corrected chi connectivity index (χ2v) is 7.61. The lowest BCUT2D eigenvalue weighted by atomic mass is 10.2. The van der Waals surface area contributed by atoms with Gasteiger partial charge in [0, 0.05) is 17.1 Å². The standard InChI is InChI=1S/C24H18ClFN4O3/c25-18-10-12-19(13-11-18)30-24(33)29(15-17-8-4-5-9-20(17)26)23(32)21(28-30)22(31)27-14-16-6-2-1-3-7-16/h1-13H,14-15H2,(H,27,31). The summed E-state index contributed by atoms with van der Waals surface area (Å²) in [7, 11) is 0. The summed E-state index contributed by atoms with van der Waals surface area (Å²) < 4.78 is 16.0. The Morgan fingerprint density at radius 2 is 1.61 bits per heavy atom. The molecule has 4 rings (SSSR count). The van der Waals surface area contributed by atoms with Crippen LogP contribution in [0.3, 0.4) is 0 Å². The predicted octanol–water partition coefficient (Wildman–Crippen LogP) is 3.17. The first-order valence-electron chi connectivity index (χ1n) is 9.99. The molecule has 3 aromatic carbocycles. The van der Waals surface area contributed by atoms with Crippen molar-refractivity contribution in [2.24, 2.45) is 0 Å². The summed E-state index contributed by atoms with van der Waals surface area (Å²) in [4.78, 5) is 39.1. The van der Waals surface area contributed by atoms with Crippen molar-refractivity contribution in [3.63, 3.8) is 0 Å². The van der Waals surface area contributed by atoms with E-state index in [0.29, 0.717) is 10.7 Å². The van der Waals surface area contributed by atoms with Crippen molar-refractivity contribution >= 4 is 17.5 Å². The van der Waals surface area contributed by atoms with Gasteiger partial charge in [0.25, 0.3) is 11.5 Å². The summed E-state index contributed by atoms with van der Waals surface area (Å²) in [6.45, 7) is -0.201. The molecule has 0 unspecified atom stereocenters. The normalized spacial score (nSPS) is 10.7. The Labute approximate surface area is 192 Å². The molecular weight excluding hydrogens is 447 g/mol. The van der Waals surface area contributed by atoms with Crippen LogP contribution in [0.1, 0.15) is 21.6 Å². The van der Waals surface area contributed by atoms with Crippen molar-refractivity contribution in [1.29, 1.82) is 0 Å². The van der Waals surface area contributed by atoms with Crippen molar-refractivity contribution in [2.45, 2.75) is 13.1 Å². The van der Waals surface area contributed by atoms with E-state index in [1.807, 2.05) is 30.3 Å². The molecule has 0 bridgehead atoms. The van der Waals surface area contributed by atoms with E-state index in [9.17, 15) is 18.8 Å². The van der Waals surface area contributed by atoms with Gasteiger partial charge in [-0.05, 0) is 35.9 Å². The van der Waals surface area contributed by atoms with E-state index in [0.717, 1.165) is 14.8 Å². The fraction of sp³-hybridized carbons (Fsp3) is 0.0833. The minimum absolute atomic E-state index is 0.126. The number of carbonyl (C=O) groups is 1. The highest BCUT2D eigenvalue weighted by Gasteiger charge is 2.21. The largest absolute Gasteiger partial charge is 0.352 e. The lowest BCUT2D eigenvalue weighted by Crippen LogP contribution is -2.46. The van der Waals surface area contributed by atoms with E-state index in [1.165, 1.54) is 30.3 Å². The van der Waals surface area contributed by atoms with Gasteiger partial charge in [-0.2, -0.15) is 9.78 Å². The summed E-state index contributed by atoms with van der Waals surface area (Å²) in [6.07, 6.45) is 0. The van der Waals surface area contributed by atoms with Crippen molar-refractivity contribution < 1.29 is 9.18 Å². The maximum atomic E-state index is 14.2. The van der Waals surface area contributed by atoms with Crippen LogP contribution in [0.5, 0.6) is 0 Å². The molecular formula is C24H18ClFN4O3. The Morgan fingerprint density at radius 1 is 0.939 bits per heavy atom. The molecule has 4 aromatic rings. The highest BCUT2D eigenvalue weighted by atomic mass is 35.5. The number of rotatable bonds is 6. The first kappa shape index (κ1) is 22.2. The summed E-state index contributed by atoms with van der Waals surface area (Å²) in [5.74, 6) is -1.33. The molecule has 7 nitrogen and oxygen atoms in total. The SMILES string of the molecule is O=C(NCc1ccccc1)c1nn(-c2ccc(Cl)cc2)c(=O)n(Cc2ccccc2F)c1=O. The number of hydrogen-bond acceptors (Lipinski definition) is 4. The molecule has 1 heterocycles. The maximum Gasteiger partial charge on any atom is 0.352 e. The van der Waals surface area contributed by atoms with Crippen LogP contribution in [-0.2, 0) is 13.1 Å². The highest BCUT2D eigenvalue weighted by Crippen LogP contribution is 2.12. The van der Waals surface area contributed by atoms with Crippen LogP contribution in [0.2, 0.25) is 5.02 Å². The van der Waals surface area contributed by atoms with Gasteiger partial charge in [0.05, 0.1) is 12.2 Å². The van der Waals surface area contributed by atoms with Gasteiger partial charge in [-0.1, -0.05) is 60.1 Å². The monoisotopic (exact) mass is 464 g/mol. The van der Waals surface area contributed by atoms with Crippen LogP contribution < -0.4 is 16.6 Å². The average molecular weight is 465 g/mol. The number of carbonyl (C=O) groups excluding carboxylic acids is 1. The Kier molecular flexibility index (Phi) is 6.46. The van der Waals surface area contributed by atoms with E-state index < -0.39 is 28.7 Å². The highest BCUT2D eigenvalue weighted by molar-refractivity contribution is 6.30. The number of nitrogens with zero attached hydrogens (tertiary/aromatic N) is 3. The molecule has 9 heteroatoms. The number of amides is 1. The topological polar surface area (TPSA) is 86.0 Å². The summed E-state index contributed by atoms with van der Waals surface area (Å²) in [6, 6.07) is 21.1. The van der Waals surface area contributed by atoms with Gasteiger partial charge in [-0.3, -0.25) is 14.2 Å². The van der Waals surface area contributed by atoms with Gasteiger partial charge in [-0.25, -0.2) is 9.18 Å². The van der Waals surface area contributed by atoms with Gasteiger partial charge < -0.3 is 5.32 Å². The zero-order chi connectivity index (χ0) is 23.4. The van der Waals surface area contributed by atoms with E-state index in [4.69, 9.17) is 11.6 Å². The summed E-state index contributed by atoms with van der Waals surface area (Å²) >= 11 is 5.93. The quantitative estimate of drug-likeness (QED) is 0.475. The molecule has 0 atom stereocenters. The number of aromatic nitrogens is 3. The fourth-order valence-corrected chi connectivity index (χ4v) is 3.33. The molecule has 166 valence electrons. The third-order valence-electron chi connectivity index (χ3n) is 4.93.